The van der Waals surface area contributed by atoms with Crippen molar-refractivity contribution in [3.63, 3.8) is 0 Å². The van der Waals surface area contributed by atoms with Gasteiger partial charge < -0.3 is 20.1 Å². The summed E-state index contributed by atoms with van der Waals surface area (Å²) < 4.78 is 5.27. The molecule has 108 valence electrons. The van der Waals surface area contributed by atoms with E-state index in [0.717, 1.165) is 6.42 Å². The number of amides is 2. The Morgan fingerprint density at radius 2 is 2.16 bits per heavy atom. The number of carboxylic acids is 1. The minimum Gasteiger partial charge on any atom is -0.481 e. The van der Waals surface area contributed by atoms with Crippen molar-refractivity contribution in [1.82, 2.24) is 10.2 Å². The summed E-state index contributed by atoms with van der Waals surface area (Å²) in [7, 11) is 0. The Hall–Kier alpha value is -1.63. The summed E-state index contributed by atoms with van der Waals surface area (Å²) in [6, 6.07) is 0. The van der Waals surface area contributed by atoms with E-state index in [0.29, 0.717) is 19.6 Å². The van der Waals surface area contributed by atoms with Gasteiger partial charge in [0.15, 0.2) is 0 Å². The summed E-state index contributed by atoms with van der Waals surface area (Å²) in [4.78, 5) is 35.2. The van der Waals surface area contributed by atoms with E-state index in [4.69, 9.17) is 9.84 Å². The van der Waals surface area contributed by atoms with Crippen molar-refractivity contribution in [2.75, 3.05) is 26.2 Å². The quantitative estimate of drug-likeness (QED) is 0.686. The van der Waals surface area contributed by atoms with Crippen molar-refractivity contribution < 1.29 is 24.2 Å². The summed E-state index contributed by atoms with van der Waals surface area (Å²) >= 11 is 0. The van der Waals surface area contributed by atoms with Crippen LogP contribution in [0.5, 0.6) is 0 Å². The van der Waals surface area contributed by atoms with Gasteiger partial charge in [-0.05, 0) is 6.42 Å². The number of rotatable bonds is 6. The molecule has 0 aromatic heterocycles. The van der Waals surface area contributed by atoms with Gasteiger partial charge in [0.1, 0.15) is 0 Å². The van der Waals surface area contributed by atoms with E-state index in [1.54, 1.807) is 0 Å². The van der Waals surface area contributed by atoms with Crippen LogP contribution in [-0.4, -0.2) is 60.1 Å². The van der Waals surface area contributed by atoms with E-state index in [1.165, 1.54) is 4.90 Å². The van der Waals surface area contributed by atoms with Gasteiger partial charge in [-0.1, -0.05) is 6.92 Å². The largest absolute Gasteiger partial charge is 0.481 e. The van der Waals surface area contributed by atoms with Crippen molar-refractivity contribution in [3.8, 4) is 0 Å². The Balaban J connectivity index is 2.35. The number of carboxylic acid groups (broad SMARTS) is 1. The molecule has 2 amide bonds. The molecule has 19 heavy (non-hydrogen) atoms. The van der Waals surface area contributed by atoms with Crippen molar-refractivity contribution in [2.24, 2.45) is 0 Å². The monoisotopic (exact) mass is 272 g/mol. The Labute approximate surface area is 111 Å². The van der Waals surface area contributed by atoms with Crippen LogP contribution in [-0.2, 0) is 19.1 Å². The highest BCUT2D eigenvalue weighted by Crippen LogP contribution is 2.08. The maximum absolute atomic E-state index is 11.8. The van der Waals surface area contributed by atoms with Gasteiger partial charge in [0.05, 0.1) is 25.7 Å². The molecule has 2 N–H and O–H groups in total. The van der Waals surface area contributed by atoms with Crippen molar-refractivity contribution in [3.05, 3.63) is 0 Å². The molecule has 1 aliphatic rings. The number of nitrogens with one attached hydrogen (secondary N) is 1. The molecule has 1 atom stereocenters. The van der Waals surface area contributed by atoms with Gasteiger partial charge >= 0.3 is 5.97 Å². The maximum Gasteiger partial charge on any atom is 0.306 e. The van der Waals surface area contributed by atoms with Gasteiger partial charge in [-0.15, -0.1) is 0 Å². The maximum atomic E-state index is 11.8. The predicted molar refractivity (Wildman–Crippen MR) is 66.5 cm³/mol. The number of morpholine rings is 1. The first-order valence-corrected chi connectivity index (χ1v) is 6.40. The highest BCUT2D eigenvalue weighted by atomic mass is 16.5. The van der Waals surface area contributed by atoms with E-state index >= 15 is 0 Å². The number of hydrogen-bond acceptors (Lipinski definition) is 4. The van der Waals surface area contributed by atoms with Crippen molar-refractivity contribution in [1.29, 1.82) is 0 Å². The molecule has 0 bridgehead atoms. The SMILES string of the molecule is CCCC(=O)NCC(=O)N1CCOC(CC(=O)O)C1. The zero-order valence-corrected chi connectivity index (χ0v) is 11.1. The van der Waals surface area contributed by atoms with Crippen LogP contribution < -0.4 is 5.32 Å². The second-order valence-corrected chi connectivity index (χ2v) is 4.46. The van der Waals surface area contributed by atoms with Crippen LogP contribution >= 0.6 is 0 Å². The van der Waals surface area contributed by atoms with Gasteiger partial charge in [-0.25, -0.2) is 0 Å². The van der Waals surface area contributed by atoms with E-state index < -0.39 is 12.1 Å². The van der Waals surface area contributed by atoms with E-state index in [1.807, 2.05) is 6.92 Å². The van der Waals surface area contributed by atoms with Crippen LogP contribution in [0.3, 0.4) is 0 Å². The summed E-state index contributed by atoms with van der Waals surface area (Å²) in [5.74, 6) is -1.30. The van der Waals surface area contributed by atoms with Crippen LogP contribution in [0, 0.1) is 0 Å². The molecular formula is C12H20N2O5. The number of hydrogen-bond donors (Lipinski definition) is 2. The van der Waals surface area contributed by atoms with E-state index in [2.05, 4.69) is 5.32 Å². The molecule has 0 saturated carbocycles. The smallest absolute Gasteiger partial charge is 0.306 e. The number of carbonyl (C=O) groups is 3. The molecule has 1 unspecified atom stereocenters. The predicted octanol–water partition coefficient (Wildman–Crippen LogP) is -0.395. The Kier molecular flexibility index (Phi) is 6.27. The standard InChI is InChI=1S/C12H20N2O5/c1-2-3-10(15)13-7-11(16)14-4-5-19-9(8-14)6-12(17)18/h9H,2-8H2,1H3,(H,13,15)(H,17,18). The molecule has 0 aromatic carbocycles. The fraction of sp³-hybridized carbons (Fsp3) is 0.750. The van der Waals surface area contributed by atoms with E-state index in [9.17, 15) is 14.4 Å². The van der Waals surface area contributed by atoms with Gasteiger partial charge in [0, 0.05) is 19.5 Å². The van der Waals surface area contributed by atoms with Crippen LogP contribution in [0.2, 0.25) is 0 Å². The number of nitrogens with zero attached hydrogens (tertiary/aromatic N) is 1. The lowest BCUT2D eigenvalue weighted by Crippen LogP contribution is -2.49. The molecular weight excluding hydrogens is 252 g/mol. The van der Waals surface area contributed by atoms with Crippen LogP contribution in [0.25, 0.3) is 0 Å². The zero-order valence-electron chi connectivity index (χ0n) is 11.1. The van der Waals surface area contributed by atoms with Gasteiger partial charge in [0.2, 0.25) is 11.8 Å². The minimum absolute atomic E-state index is 0.0430. The first-order chi connectivity index (χ1) is 9.02. The first-order valence-electron chi connectivity index (χ1n) is 6.40. The first kappa shape index (κ1) is 15.4. The minimum atomic E-state index is -0.949. The van der Waals surface area contributed by atoms with Crippen molar-refractivity contribution in [2.45, 2.75) is 32.3 Å². The molecule has 0 radical (unpaired) electrons. The van der Waals surface area contributed by atoms with Gasteiger partial charge in [-0.3, -0.25) is 14.4 Å². The van der Waals surface area contributed by atoms with Crippen LogP contribution in [0.4, 0.5) is 0 Å². The fourth-order valence-electron chi connectivity index (χ4n) is 1.87. The Morgan fingerprint density at radius 1 is 1.42 bits per heavy atom. The average molecular weight is 272 g/mol. The highest BCUT2D eigenvalue weighted by Gasteiger charge is 2.25. The second-order valence-electron chi connectivity index (χ2n) is 4.46. The number of ether oxygens (including phenoxy) is 1. The normalized spacial score (nSPS) is 19.0. The molecule has 1 aliphatic heterocycles. The average Bonchev–Trinajstić information content (AvgIpc) is 2.36. The summed E-state index contributed by atoms with van der Waals surface area (Å²) in [5, 5.41) is 11.2. The second kappa shape index (κ2) is 7.73. The fourth-order valence-corrected chi connectivity index (χ4v) is 1.87. The lowest BCUT2D eigenvalue weighted by atomic mass is 10.2. The Morgan fingerprint density at radius 3 is 2.79 bits per heavy atom. The summed E-state index contributed by atoms with van der Waals surface area (Å²) in [6.07, 6.45) is 0.545. The Bertz CT molecular complexity index is 345. The molecule has 0 spiro atoms. The number of carbonyl (C=O) groups excluding carboxylic acids is 2. The molecule has 0 aliphatic carbocycles. The molecule has 1 saturated heterocycles. The topological polar surface area (TPSA) is 95.9 Å². The third kappa shape index (κ3) is 5.69. The summed E-state index contributed by atoms with van der Waals surface area (Å²) in [5.41, 5.74) is 0. The lowest BCUT2D eigenvalue weighted by molar-refractivity contribution is -0.147. The van der Waals surface area contributed by atoms with Crippen molar-refractivity contribution >= 4 is 17.8 Å². The third-order valence-corrected chi connectivity index (χ3v) is 2.81. The molecule has 1 heterocycles. The van der Waals surface area contributed by atoms with Crippen LogP contribution in [0.15, 0.2) is 0 Å². The molecule has 7 heteroatoms. The summed E-state index contributed by atoms with van der Waals surface area (Å²) in [6.45, 7) is 2.86. The van der Waals surface area contributed by atoms with E-state index in [-0.39, 0.29) is 31.3 Å². The molecule has 0 aromatic rings. The molecule has 1 rings (SSSR count). The lowest BCUT2D eigenvalue weighted by Gasteiger charge is -2.32. The zero-order chi connectivity index (χ0) is 14.3. The highest BCUT2D eigenvalue weighted by molar-refractivity contribution is 5.84. The third-order valence-electron chi connectivity index (χ3n) is 2.81. The number of aliphatic carboxylic acids is 1. The molecule has 1 fully saturated rings. The van der Waals surface area contributed by atoms with Gasteiger partial charge in [0.25, 0.3) is 0 Å². The van der Waals surface area contributed by atoms with Gasteiger partial charge in [-0.2, -0.15) is 0 Å². The molecule has 7 nitrogen and oxygen atoms in total. The van der Waals surface area contributed by atoms with Crippen LogP contribution in [0.1, 0.15) is 26.2 Å².